The molecular formula is C20H28O5. The van der Waals surface area contributed by atoms with Gasteiger partial charge in [0.05, 0.1) is 7.11 Å². The minimum Gasteiger partial charge on any atom is -0.507 e. The molecule has 0 aliphatic carbocycles. The molecule has 0 bridgehead atoms. The highest BCUT2D eigenvalue weighted by Crippen LogP contribution is 2.35. The zero-order valence-electron chi connectivity index (χ0n) is 15.4. The molecule has 0 unspecified atom stereocenters. The molecule has 0 heterocycles. The van der Waals surface area contributed by atoms with Gasteiger partial charge < -0.3 is 20.1 Å². The Bertz CT molecular complexity index is 667. The fourth-order valence-corrected chi connectivity index (χ4v) is 2.64. The fraction of sp³-hybridized carbons (Fsp3) is 0.450. The summed E-state index contributed by atoms with van der Waals surface area (Å²) >= 11 is 0. The summed E-state index contributed by atoms with van der Waals surface area (Å²) in [5.74, 6) is -1.07. The number of carboxylic acids is 1. The highest BCUT2D eigenvalue weighted by molar-refractivity contribution is 5.93. The first-order chi connectivity index (χ1) is 11.8. The average Bonchev–Trinajstić information content (AvgIpc) is 2.53. The summed E-state index contributed by atoms with van der Waals surface area (Å²) in [6.07, 6.45) is 6.53. The number of carbonyl (C=O) groups is 1. The van der Waals surface area contributed by atoms with Gasteiger partial charge in [0.15, 0.2) is 0 Å². The number of aromatic carboxylic acids is 1. The van der Waals surface area contributed by atoms with E-state index in [2.05, 4.69) is 19.9 Å². The highest BCUT2D eigenvalue weighted by atomic mass is 16.5. The van der Waals surface area contributed by atoms with E-state index in [0.717, 1.165) is 18.4 Å². The molecule has 0 saturated carbocycles. The minimum absolute atomic E-state index is 0.142. The maximum atomic E-state index is 11.5. The zero-order chi connectivity index (χ0) is 19.0. The van der Waals surface area contributed by atoms with Crippen molar-refractivity contribution >= 4 is 5.97 Å². The summed E-state index contributed by atoms with van der Waals surface area (Å²) in [4.78, 5) is 11.5. The van der Waals surface area contributed by atoms with Crippen LogP contribution in [-0.4, -0.2) is 35.0 Å². The summed E-state index contributed by atoms with van der Waals surface area (Å²) in [6, 6.07) is 1.58. The van der Waals surface area contributed by atoms with Crippen LogP contribution in [0.1, 0.15) is 55.1 Å². The highest BCUT2D eigenvalue weighted by Gasteiger charge is 2.22. The molecule has 5 nitrogen and oxygen atoms in total. The second-order valence-electron chi connectivity index (χ2n) is 6.29. The molecule has 3 N–H and O–H groups in total. The van der Waals surface area contributed by atoms with Gasteiger partial charge in [-0.05, 0) is 58.1 Å². The second kappa shape index (κ2) is 9.89. The van der Waals surface area contributed by atoms with Gasteiger partial charge in [-0.3, -0.25) is 0 Å². The van der Waals surface area contributed by atoms with E-state index in [-0.39, 0.29) is 24.3 Å². The number of ether oxygens (including phenoxy) is 1. The minimum atomic E-state index is -1.21. The average molecular weight is 348 g/mol. The molecule has 138 valence electrons. The second-order valence-corrected chi connectivity index (χ2v) is 6.29. The Morgan fingerprint density at radius 2 is 1.92 bits per heavy atom. The van der Waals surface area contributed by atoms with Crippen LogP contribution in [0.25, 0.3) is 0 Å². The third-order valence-corrected chi connectivity index (χ3v) is 4.01. The molecule has 0 aromatic heterocycles. The largest absolute Gasteiger partial charge is 0.507 e. The number of hydrogen-bond acceptors (Lipinski definition) is 4. The van der Waals surface area contributed by atoms with E-state index in [0.29, 0.717) is 23.3 Å². The van der Waals surface area contributed by atoms with Gasteiger partial charge in [0.1, 0.15) is 17.1 Å². The van der Waals surface area contributed by atoms with Crippen molar-refractivity contribution in [1.82, 2.24) is 0 Å². The van der Waals surface area contributed by atoms with E-state index in [1.807, 2.05) is 13.0 Å². The van der Waals surface area contributed by atoms with Gasteiger partial charge in [-0.25, -0.2) is 4.79 Å². The quantitative estimate of drug-likeness (QED) is 0.590. The lowest BCUT2D eigenvalue weighted by atomic mass is 9.96. The first kappa shape index (κ1) is 20.8. The predicted octanol–water partition coefficient (Wildman–Crippen LogP) is 3.87. The maximum absolute atomic E-state index is 11.5. The van der Waals surface area contributed by atoms with E-state index in [4.69, 9.17) is 9.84 Å². The molecule has 0 radical (unpaired) electrons. The van der Waals surface area contributed by atoms with Crippen molar-refractivity contribution in [3.8, 4) is 11.5 Å². The molecule has 0 atom stereocenters. The van der Waals surface area contributed by atoms with E-state index >= 15 is 0 Å². The van der Waals surface area contributed by atoms with Crippen LogP contribution in [-0.2, 0) is 12.8 Å². The standard InChI is InChI=1S/C20H28O5/c1-13(2)6-5-7-14(3)8-9-16-17(25-4)12-15(10-11-21)18(19(16)22)20(23)24/h6,8,12,21-22H,5,7,9-11H2,1-4H3,(H,23,24)/b14-8+. The van der Waals surface area contributed by atoms with E-state index in [1.54, 1.807) is 6.07 Å². The van der Waals surface area contributed by atoms with Crippen molar-refractivity contribution in [1.29, 1.82) is 0 Å². The van der Waals surface area contributed by atoms with Gasteiger partial charge in [0.2, 0.25) is 0 Å². The third-order valence-electron chi connectivity index (χ3n) is 4.01. The Morgan fingerprint density at radius 3 is 2.44 bits per heavy atom. The first-order valence-corrected chi connectivity index (χ1v) is 8.36. The van der Waals surface area contributed by atoms with Crippen molar-refractivity contribution in [2.24, 2.45) is 0 Å². The molecule has 5 heteroatoms. The molecule has 0 fully saturated rings. The van der Waals surface area contributed by atoms with E-state index < -0.39 is 5.97 Å². The van der Waals surface area contributed by atoms with Crippen LogP contribution in [0.3, 0.4) is 0 Å². The number of hydrogen-bond donors (Lipinski definition) is 3. The number of rotatable bonds is 9. The first-order valence-electron chi connectivity index (χ1n) is 8.36. The Morgan fingerprint density at radius 1 is 1.24 bits per heavy atom. The van der Waals surface area contributed by atoms with E-state index in [1.165, 1.54) is 12.7 Å². The Hall–Kier alpha value is -2.27. The lowest BCUT2D eigenvalue weighted by Crippen LogP contribution is -2.08. The summed E-state index contributed by atoms with van der Waals surface area (Å²) < 4.78 is 5.32. The van der Waals surface area contributed by atoms with Crippen LogP contribution >= 0.6 is 0 Å². The van der Waals surface area contributed by atoms with Crippen molar-refractivity contribution in [2.45, 2.75) is 46.5 Å². The predicted molar refractivity (Wildman–Crippen MR) is 98.5 cm³/mol. The Kier molecular flexibility index (Phi) is 8.22. The number of methoxy groups -OCH3 is 1. The summed E-state index contributed by atoms with van der Waals surface area (Å²) in [6.45, 7) is 5.93. The lowest BCUT2D eigenvalue weighted by Gasteiger charge is -2.15. The van der Waals surface area contributed by atoms with Crippen LogP contribution in [0.2, 0.25) is 0 Å². The number of carboxylic acid groups (broad SMARTS) is 1. The molecular weight excluding hydrogens is 320 g/mol. The molecule has 0 spiro atoms. The zero-order valence-corrected chi connectivity index (χ0v) is 15.4. The molecule has 25 heavy (non-hydrogen) atoms. The van der Waals surface area contributed by atoms with Crippen molar-refractivity contribution < 1.29 is 24.9 Å². The number of benzene rings is 1. The number of phenols is 1. The summed E-state index contributed by atoms with van der Waals surface area (Å²) in [5, 5.41) is 29.0. The summed E-state index contributed by atoms with van der Waals surface area (Å²) in [5.41, 5.74) is 3.08. The fourth-order valence-electron chi connectivity index (χ4n) is 2.64. The molecule has 0 aliphatic heterocycles. The van der Waals surface area contributed by atoms with Gasteiger partial charge in [0.25, 0.3) is 0 Å². The maximum Gasteiger partial charge on any atom is 0.339 e. The van der Waals surface area contributed by atoms with Crippen molar-refractivity contribution in [3.05, 3.63) is 46.1 Å². The van der Waals surface area contributed by atoms with Crippen LogP contribution < -0.4 is 4.74 Å². The topological polar surface area (TPSA) is 87.0 Å². The SMILES string of the molecule is COc1cc(CCO)c(C(=O)O)c(O)c1C/C=C(\C)CCC=C(C)C. The van der Waals surface area contributed by atoms with Crippen molar-refractivity contribution in [2.75, 3.05) is 13.7 Å². The van der Waals surface area contributed by atoms with Crippen LogP contribution in [0, 0.1) is 0 Å². The van der Waals surface area contributed by atoms with Crippen LogP contribution in [0.5, 0.6) is 11.5 Å². The van der Waals surface area contributed by atoms with Gasteiger partial charge in [-0.1, -0.05) is 23.3 Å². The number of aliphatic hydroxyl groups excluding tert-OH is 1. The summed E-state index contributed by atoms with van der Waals surface area (Å²) in [7, 11) is 1.48. The lowest BCUT2D eigenvalue weighted by molar-refractivity contribution is 0.0692. The van der Waals surface area contributed by atoms with Gasteiger partial charge >= 0.3 is 5.97 Å². The normalized spacial score (nSPS) is 11.3. The number of allylic oxidation sites excluding steroid dienone is 4. The molecule has 0 amide bonds. The smallest absolute Gasteiger partial charge is 0.339 e. The van der Waals surface area contributed by atoms with E-state index in [9.17, 15) is 15.0 Å². The Labute approximate surface area is 149 Å². The Balaban J connectivity index is 3.15. The molecule has 1 rings (SSSR count). The van der Waals surface area contributed by atoms with Crippen molar-refractivity contribution in [3.63, 3.8) is 0 Å². The molecule has 1 aromatic rings. The van der Waals surface area contributed by atoms with Gasteiger partial charge in [-0.2, -0.15) is 0 Å². The van der Waals surface area contributed by atoms with Gasteiger partial charge in [0, 0.05) is 12.2 Å². The van der Waals surface area contributed by atoms with Gasteiger partial charge in [-0.15, -0.1) is 0 Å². The molecule has 0 saturated heterocycles. The van der Waals surface area contributed by atoms with Crippen LogP contribution in [0.15, 0.2) is 29.4 Å². The molecule has 1 aromatic carbocycles. The monoisotopic (exact) mass is 348 g/mol. The number of aliphatic hydroxyl groups is 1. The number of aromatic hydroxyl groups is 1. The third kappa shape index (κ3) is 5.94. The molecule has 0 aliphatic rings. The van der Waals surface area contributed by atoms with Crippen LogP contribution in [0.4, 0.5) is 0 Å².